The Morgan fingerprint density at radius 1 is 1.33 bits per heavy atom. The van der Waals surface area contributed by atoms with Gasteiger partial charge >= 0.3 is 9.28 Å². The fourth-order valence-corrected chi connectivity index (χ4v) is 3.53. The molecular weight excluding hydrogens is 236 g/mol. The molecule has 0 saturated heterocycles. The highest BCUT2D eigenvalue weighted by molar-refractivity contribution is 9.09. The molecule has 0 aromatic carbocycles. The molecule has 0 aliphatic heterocycles. The van der Waals surface area contributed by atoms with E-state index >= 15 is 0 Å². The molecule has 1 unspecified atom stereocenters. The third kappa shape index (κ3) is 4.60. The van der Waals surface area contributed by atoms with Gasteiger partial charge in [-0.1, -0.05) is 29.3 Å². The van der Waals surface area contributed by atoms with Gasteiger partial charge in [0.05, 0.1) is 0 Å². The minimum absolute atomic E-state index is 0.664. The lowest BCUT2D eigenvalue weighted by Gasteiger charge is -2.20. The quantitative estimate of drug-likeness (QED) is 0.514. The average molecular weight is 255 g/mol. The van der Waals surface area contributed by atoms with Crippen molar-refractivity contribution >= 4 is 25.2 Å². The van der Waals surface area contributed by atoms with E-state index in [-0.39, 0.29) is 0 Å². The number of halogens is 1. The van der Waals surface area contributed by atoms with Gasteiger partial charge in [0.2, 0.25) is 0 Å². The molecule has 0 spiro atoms. The molecule has 0 fully saturated rings. The molecule has 2 nitrogen and oxygen atoms in total. The first-order chi connectivity index (χ1) is 5.79. The summed E-state index contributed by atoms with van der Waals surface area (Å²) in [6.07, 6.45) is 3.61. The Labute approximate surface area is 85.6 Å². The van der Waals surface area contributed by atoms with Gasteiger partial charge in [0.15, 0.2) is 0 Å². The van der Waals surface area contributed by atoms with E-state index in [0.717, 1.165) is 5.33 Å². The highest BCUT2D eigenvalue weighted by Gasteiger charge is 2.21. The first-order valence-corrected chi connectivity index (χ1v) is 7.14. The van der Waals surface area contributed by atoms with Crippen molar-refractivity contribution in [3.05, 3.63) is 0 Å². The van der Waals surface area contributed by atoms with Gasteiger partial charge in [0.1, 0.15) is 0 Å². The monoisotopic (exact) mass is 254 g/mol. The van der Waals surface area contributed by atoms with Crippen LogP contribution in [0.5, 0.6) is 0 Å². The number of hydrogen-bond acceptors (Lipinski definition) is 2. The minimum atomic E-state index is -1.36. The summed E-state index contributed by atoms with van der Waals surface area (Å²) in [6, 6.07) is 0. The zero-order chi connectivity index (χ0) is 9.40. The van der Waals surface area contributed by atoms with Crippen LogP contribution >= 0.6 is 15.9 Å². The third-order valence-electron chi connectivity index (χ3n) is 2.08. The first kappa shape index (κ1) is 12.6. The van der Waals surface area contributed by atoms with Crippen LogP contribution in [0.25, 0.3) is 0 Å². The Morgan fingerprint density at radius 3 is 2.25 bits per heavy atom. The topological polar surface area (TPSA) is 18.5 Å². The van der Waals surface area contributed by atoms with Crippen molar-refractivity contribution in [3.8, 4) is 0 Å². The first-order valence-electron chi connectivity index (χ1n) is 4.41. The fourth-order valence-electron chi connectivity index (χ4n) is 1.35. The molecule has 1 atom stereocenters. The van der Waals surface area contributed by atoms with Crippen LogP contribution in [-0.2, 0) is 8.85 Å². The van der Waals surface area contributed by atoms with E-state index in [9.17, 15) is 0 Å². The third-order valence-corrected chi connectivity index (χ3v) is 5.15. The highest BCUT2D eigenvalue weighted by Crippen LogP contribution is 2.22. The predicted octanol–water partition coefficient (Wildman–Crippen LogP) is 2.46. The van der Waals surface area contributed by atoms with Crippen molar-refractivity contribution in [1.29, 1.82) is 0 Å². The normalized spacial score (nSPS) is 13.8. The number of hydrogen-bond donors (Lipinski definition) is 0. The van der Waals surface area contributed by atoms with E-state index in [4.69, 9.17) is 8.85 Å². The molecule has 0 radical (unpaired) electrons. The van der Waals surface area contributed by atoms with Crippen molar-refractivity contribution < 1.29 is 8.85 Å². The van der Waals surface area contributed by atoms with E-state index in [1.165, 1.54) is 19.3 Å². The van der Waals surface area contributed by atoms with E-state index in [2.05, 4.69) is 22.9 Å². The summed E-state index contributed by atoms with van der Waals surface area (Å²) in [7, 11) is 2.16. The van der Waals surface area contributed by atoms with Gasteiger partial charge in [-0.2, -0.15) is 0 Å². The molecule has 74 valence electrons. The second-order valence-electron chi connectivity index (χ2n) is 2.84. The summed E-state index contributed by atoms with van der Waals surface area (Å²) < 4.78 is 10.7. The van der Waals surface area contributed by atoms with Crippen LogP contribution in [0.4, 0.5) is 0 Å². The number of rotatable bonds is 7. The molecule has 0 aromatic heterocycles. The van der Waals surface area contributed by atoms with Crippen molar-refractivity contribution in [2.24, 2.45) is 0 Å². The summed E-state index contributed by atoms with van der Waals surface area (Å²) in [4.78, 5) is 0. The minimum Gasteiger partial charge on any atom is -0.400 e. The second kappa shape index (κ2) is 8.23. The Bertz CT molecular complexity index is 99.1. The second-order valence-corrected chi connectivity index (χ2v) is 6.25. The van der Waals surface area contributed by atoms with Crippen LogP contribution in [0.1, 0.15) is 26.2 Å². The number of alkyl halides is 1. The summed E-state index contributed by atoms with van der Waals surface area (Å²) in [6.45, 7) is 2.21. The summed E-state index contributed by atoms with van der Waals surface area (Å²) >= 11 is 3.43. The molecule has 0 saturated carbocycles. The fraction of sp³-hybridized carbons (Fsp3) is 1.00. The molecule has 12 heavy (non-hydrogen) atoms. The van der Waals surface area contributed by atoms with E-state index < -0.39 is 9.28 Å². The molecule has 0 bridgehead atoms. The van der Waals surface area contributed by atoms with Gasteiger partial charge in [-0.15, -0.1) is 0 Å². The molecular formula is C8H19BrO2Si. The lowest BCUT2D eigenvalue weighted by molar-refractivity contribution is 0.261. The SMILES string of the molecule is CCC(CCCBr)[SiH](OC)OC. The van der Waals surface area contributed by atoms with Gasteiger partial charge in [0, 0.05) is 19.5 Å². The lowest BCUT2D eigenvalue weighted by atomic mass is 10.2. The van der Waals surface area contributed by atoms with Gasteiger partial charge in [0.25, 0.3) is 0 Å². The van der Waals surface area contributed by atoms with Crippen molar-refractivity contribution in [2.45, 2.75) is 31.7 Å². The molecule has 0 aliphatic carbocycles. The zero-order valence-electron chi connectivity index (χ0n) is 8.18. The molecule has 0 amide bonds. The maximum absolute atomic E-state index is 5.35. The Kier molecular flexibility index (Phi) is 8.65. The van der Waals surface area contributed by atoms with Crippen LogP contribution in [-0.4, -0.2) is 28.8 Å². The van der Waals surface area contributed by atoms with Crippen LogP contribution in [0, 0.1) is 0 Å². The van der Waals surface area contributed by atoms with Crippen molar-refractivity contribution in [1.82, 2.24) is 0 Å². The van der Waals surface area contributed by atoms with Crippen LogP contribution in [0.2, 0.25) is 5.54 Å². The summed E-state index contributed by atoms with van der Waals surface area (Å²) in [5.41, 5.74) is 0.664. The molecule has 0 aromatic rings. The van der Waals surface area contributed by atoms with Crippen molar-refractivity contribution in [3.63, 3.8) is 0 Å². The van der Waals surface area contributed by atoms with E-state index in [0.29, 0.717) is 5.54 Å². The average Bonchev–Trinajstić information content (AvgIpc) is 2.12. The largest absolute Gasteiger partial charge is 0.400 e. The summed E-state index contributed by atoms with van der Waals surface area (Å²) in [5.74, 6) is 0. The van der Waals surface area contributed by atoms with Gasteiger partial charge < -0.3 is 8.85 Å². The van der Waals surface area contributed by atoms with Gasteiger partial charge in [-0.25, -0.2) is 0 Å². The lowest BCUT2D eigenvalue weighted by Crippen LogP contribution is -2.26. The van der Waals surface area contributed by atoms with Crippen LogP contribution < -0.4 is 0 Å². The zero-order valence-corrected chi connectivity index (χ0v) is 10.9. The van der Waals surface area contributed by atoms with Gasteiger partial charge in [-0.05, 0) is 18.4 Å². The Balaban J connectivity index is 3.75. The predicted molar refractivity (Wildman–Crippen MR) is 58.2 cm³/mol. The molecule has 0 rings (SSSR count). The van der Waals surface area contributed by atoms with Crippen molar-refractivity contribution in [2.75, 3.05) is 19.5 Å². The van der Waals surface area contributed by atoms with E-state index in [1.807, 2.05) is 0 Å². The highest BCUT2D eigenvalue weighted by atomic mass is 79.9. The standard InChI is InChI=1S/C8H19BrO2Si/c1-4-8(6-5-7-9)12(10-2)11-3/h8,12H,4-7H2,1-3H3. The summed E-state index contributed by atoms with van der Waals surface area (Å²) in [5, 5.41) is 1.08. The van der Waals surface area contributed by atoms with Gasteiger partial charge in [-0.3, -0.25) is 0 Å². The maximum Gasteiger partial charge on any atom is 0.324 e. The van der Waals surface area contributed by atoms with Crippen LogP contribution in [0.3, 0.4) is 0 Å². The van der Waals surface area contributed by atoms with E-state index in [1.54, 1.807) is 14.2 Å². The molecule has 0 N–H and O–H groups in total. The molecule has 0 aliphatic rings. The Morgan fingerprint density at radius 2 is 1.92 bits per heavy atom. The van der Waals surface area contributed by atoms with Crippen LogP contribution in [0.15, 0.2) is 0 Å². The smallest absolute Gasteiger partial charge is 0.324 e. The maximum atomic E-state index is 5.35. The molecule has 0 heterocycles. The Hall–Kier alpha value is 0.617. The molecule has 4 heteroatoms.